The largest absolute Gasteiger partial charge is 0.469 e. The summed E-state index contributed by atoms with van der Waals surface area (Å²) in [5, 5.41) is 9.45. The van der Waals surface area contributed by atoms with Crippen molar-refractivity contribution < 1.29 is 9.53 Å². The van der Waals surface area contributed by atoms with Gasteiger partial charge in [0.05, 0.1) is 13.2 Å². The van der Waals surface area contributed by atoms with Gasteiger partial charge in [-0.2, -0.15) is 5.26 Å². The fourth-order valence-corrected chi connectivity index (χ4v) is 9.00. The fraction of sp³-hybridized carbons (Fsp3) is 0.923. The van der Waals surface area contributed by atoms with E-state index < -0.39 is 0 Å². The molecule has 0 N–H and O–H groups in total. The van der Waals surface area contributed by atoms with Crippen LogP contribution in [-0.4, -0.2) is 13.1 Å². The number of fused-ring (bicyclic) bond motifs is 5. The quantitative estimate of drug-likeness (QED) is 0.516. The Balaban J connectivity index is 1.48. The van der Waals surface area contributed by atoms with Crippen LogP contribution in [0.2, 0.25) is 0 Å². The monoisotopic (exact) mass is 399 g/mol. The molecule has 0 aromatic heterocycles. The molecule has 0 heterocycles. The summed E-state index contributed by atoms with van der Waals surface area (Å²) in [7, 11) is 1.50. The molecule has 0 spiro atoms. The fourth-order valence-electron chi connectivity index (χ4n) is 9.00. The average Bonchev–Trinajstić information content (AvgIpc) is 3.08. The molecular formula is C26H41NO2. The molecule has 0 aromatic rings. The summed E-state index contributed by atoms with van der Waals surface area (Å²) in [5.41, 5.74) is 0.940. The van der Waals surface area contributed by atoms with Gasteiger partial charge in [-0.1, -0.05) is 20.8 Å². The van der Waals surface area contributed by atoms with E-state index in [4.69, 9.17) is 4.74 Å². The zero-order chi connectivity index (χ0) is 20.8. The predicted molar refractivity (Wildman–Crippen MR) is 115 cm³/mol. The van der Waals surface area contributed by atoms with Crippen molar-refractivity contribution in [3.05, 3.63) is 0 Å². The van der Waals surface area contributed by atoms with Crippen molar-refractivity contribution in [1.29, 1.82) is 5.26 Å². The van der Waals surface area contributed by atoms with Crippen molar-refractivity contribution in [3.8, 4) is 6.07 Å². The van der Waals surface area contributed by atoms with Crippen molar-refractivity contribution in [3.63, 3.8) is 0 Å². The Morgan fingerprint density at radius 3 is 2.52 bits per heavy atom. The van der Waals surface area contributed by atoms with E-state index in [2.05, 4.69) is 26.8 Å². The minimum absolute atomic E-state index is 0.0560. The van der Waals surface area contributed by atoms with E-state index in [0.29, 0.717) is 29.1 Å². The second kappa shape index (κ2) is 7.90. The van der Waals surface area contributed by atoms with E-state index in [0.717, 1.165) is 48.9 Å². The van der Waals surface area contributed by atoms with Gasteiger partial charge >= 0.3 is 5.97 Å². The highest BCUT2D eigenvalue weighted by Gasteiger charge is 2.60. The Hall–Kier alpha value is -1.04. The molecule has 0 aromatic carbocycles. The average molecular weight is 400 g/mol. The number of nitriles is 1. The van der Waals surface area contributed by atoms with E-state index in [1.807, 2.05) is 0 Å². The molecule has 3 heteroatoms. The van der Waals surface area contributed by atoms with Crippen LogP contribution < -0.4 is 0 Å². The third-order valence-corrected chi connectivity index (χ3v) is 10.6. The summed E-state index contributed by atoms with van der Waals surface area (Å²) in [6.45, 7) is 7.58. The Labute approximate surface area is 178 Å². The van der Waals surface area contributed by atoms with Crippen molar-refractivity contribution in [2.75, 3.05) is 7.11 Å². The maximum absolute atomic E-state index is 11.7. The number of ether oxygens (including phenoxy) is 1. The highest BCUT2D eigenvalue weighted by Crippen LogP contribution is 2.68. The van der Waals surface area contributed by atoms with Gasteiger partial charge in [-0.15, -0.1) is 0 Å². The van der Waals surface area contributed by atoms with E-state index >= 15 is 0 Å². The summed E-state index contributed by atoms with van der Waals surface area (Å²) in [6, 6.07) is 2.58. The maximum atomic E-state index is 11.7. The Kier molecular flexibility index (Phi) is 5.77. The minimum atomic E-state index is -0.0560. The van der Waals surface area contributed by atoms with Gasteiger partial charge in [-0.05, 0) is 111 Å². The van der Waals surface area contributed by atoms with Crippen LogP contribution in [0.15, 0.2) is 0 Å². The molecule has 162 valence electrons. The molecule has 4 aliphatic carbocycles. The van der Waals surface area contributed by atoms with E-state index in [-0.39, 0.29) is 5.97 Å². The third kappa shape index (κ3) is 3.43. The van der Waals surface area contributed by atoms with Crippen LogP contribution in [0, 0.1) is 63.6 Å². The Bertz CT molecular complexity index is 668. The first-order valence-corrected chi connectivity index (χ1v) is 12.3. The van der Waals surface area contributed by atoms with Gasteiger partial charge in [-0.3, -0.25) is 4.79 Å². The van der Waals surface area contributed by atoms with Crippen LogP contribution in [0.25, 0.3) is 0 Å². The molecule has 9 atom stereocenters. The topological polar surface area (TPSA) is 50.1 Å². The maximum Gasteiger partial charge on any atom is 0.305 e. The number of esters is 1. The normalized spacial score (nSPS) is 47.3. The molecule has 0 bridgehead atoms. The van der Waals surface area contributed by atoms with Crippen molar-refractivity contribution in [2.45, 2.75) is 91.4 Å². The van der Waals surface area contributed by atoms with Gasteiger partial charge in [0.2, 0.25) is 0 Å². The standard InChI is InChI=1S/C26H41NO2/c1-17(5-10-24(28)29-4)21-8-9-22-20-7-6-19-15-18(16-27)11-13-25(19,2)23(20)12-14-26(21,22)3/h17-23H,5-15H2,1-4H3/t17?,18-,19+,20-,21?,22?,23?,25-,26+/m0/s1. The smallest absolute Gasteiger partial charge is 0.305 e. The molecule has 4 unspecified atom stereocenters. The first-order valence-electron chi connectivity index (χ1n) is 12.3. The highest BCUT2D eigenvalue weighted by atomic mass is 16.5. The van der Waals surface area contributed by atoms with E-state index in [1.54, 1.807) is 0 Å². The molecule has 4 rings (SSSR count). The summed E-state index contributed by atoms with van der Waals surface area (Å²) in [6.07, 6.45) is 13.4. The van der Waals surface area contributed by atoms with Gasteiger partial charge in [0.1, 0.15) is 0 Å². The van der Waals surface area contributed by atoms with Gasteiger partial charge in [0.25, 0.3) is 0 Å². The first-order chi connectivity index (χ1) is 13.8. The lowest BCUT2D eigenvalue weighted by Crippen LogP contribution is -2.53. The Morgan fingerprint density at radius 2 is 1.79 bits per heavy atom. The first kappa shape index (κ1) is 21.2. The molecule has 0 aliphatic heterocycles. The Morgan fingerprint density at radius 1 is 1.07 bits per heavy atom. The summed E-state index contributed by atoms with van der Waals surface area (Å²) in [4.78, 5) is 11.7. The van der Waals surface area contributed by atoms with Crippen molar-refractivity contribution in [2.24, 2.45) is 52.3 Å². The lowest BCUT2D eigenvalue weighted by molar-refractivity contribution is -0.141. The number of hydrogen-bond acceptors (Lipinski definition) is 3. The summed E-state index contributed by atoms with van der Waals surface area (Å²) >= 11 is 0. The van der Waals surface area contributed by atoms with E-state index in [9.17, 15) is 10.1 Å². The zero-order valence-corrected chi connectivity index (χ0v) is 19.1. The number of nitrogens with zero attached hydrogens (tertiary/aromatic N) is 1. The lowest BCUT2D eigenvalue weighted by Gasteiger charge is -2.61. The van der Waals surface area contributed by atoms with Crippen LogP contribution in [0.1, 0.15) is 91.4 Å². The molecule has 4 saturated carbocycles. The molecule has 29 heavy (non-hydrogen) atoms. The molecule has 0 amide bonds. The molecule has 0 radical (unpaired) electrons. The van der Waals surface area contributed by atoms with Gasteiger partial charge in [0.15, 0.2) is 0 Å². The van der Waals surface area contributed by atoms with Crippen molar-refractivity contribution in [1.82, 2.24) is 0 Å². The molecule has 3 nitrogen and oxygen atoms in total. The second-order valence-corrected chi connectivity index (χ2v) is 11.6. The summed E-state index contributed by atoms with van der Waals surface area (Å²) in [5.74, 6) is 5.05. The number of methoxy groups -OCH3 is 1. The summed E-state index contributed by atoms with van der Waals surface area (Å²) < 4.78 is 4.88. The van der Waals surface area contributed by atoms with E-state index in [1.165, 1.54) is 52.1 Å². The molecule has 4 aliphatic rings. The van der Waals surface area contributed by atoms with Crippen LogP contribution >= 0.6 is 0 Å². The van der Waals surface area contributed by atoms with Crippen LogP contribution in [-0.2, 0) is 9.53 Å². The van der Waals surface area contributed by atoms with Crippen LogP contribution in [0.5, 0.6) is 0 Å². The van der Waals surface area contributed by atoms with Crippen molar-refractivity contribution >= 4 is 5.97 Å². The molecule has 0 saturated heterocycles. The van der Waals surface area contributed by atoms with Gasteiger partial charge in [-0.25, -0.2) is 0 Å². The SMILES string of the molecule is COC(=O)CCC(C)C1CCC2[C@@H]3CC[C@@H]4C[C@@H](C#N)CC[C@]4(C)C3CC[C@]12C. The van der Waals surface area contributed by atoms with Crippen LogP contribution in [0.4, 0.5) is 0 Å². The number of carbonyl (C=O) groups is 1. The zero-order valence-electron chi connectivity index (χ0n) is 19.1. The van der Waals surface area contributed by atoms with Gasteiger partial charge < -0.3 is 4.74 Å². The number of hydrogen-bond donors (Lipinski definition) is 0. The highest BCUT2D eigenvalue weighted by molar-refractivity contribution is 5.69. The number of rotatable bonds is 4. The lowest BCUT2D eigenvalue weighted by atomic mass is 9.44. The van der Waals surface area contributed by atoms with Gasteiger partial charge in [0, 0.05) is 12.3 Å². The molecular weight excluding hydrogens is 358 g/mol. The number of carbonyl (C=O) groups excluding carboxylic acids is 1. The predicted octanol–water partition coefficient (Wildman–Crippen LogP) is 6.37. The molecule has 4 fully saturated rings. The van der Waals surface area contributed by atoms with Crippen LogP contribution in [0.3, 0.4) is 0 Å². The minimum Gasteiger partial charge on any atom is -0.469 e. The second-order valence-electron chi connectivity index (χ2n) is 11.6. The third-order valence-electron chi connectivity index (χ3n) is 10.6.